The van der Waals surface area contributed by atoms with E-state index in [0.717, 1.165) is 29.9 Å². The van der Waals surface area contributed by atoms with Gasteiger partial charge in [0.2, 0.25) is 0 Å². The van der Waals surface area contributed by atoms with Gasteiger partial charge in [0, 0.05) is 19.7 Å². The summed E-state index contributed by atoms with van der Waals surface area (Å²) >= 11 is 0. The van der Waals surface area contributed by atoms with Crippen molar-refractivity contribution in [2.45, 2.75) is 25.8 Å². The van der Waals surface area contributed by atoms with Gasteiger partial charge in [0.1, 0.15) is 11.5 Å². The maximum absolute atomic E-state index is 5.70. The molecule has 5 nitrogen and oxygen atoms in total. The third-order valence-corrected chi connectivity index (χ3v) is 2.77. The molecule has 5 heteroatoms. The second kappa shape index (κ2) is 5.16. The molecule has 1 unspecified atom stereocenters. The maximum atomic E-state index is 5.70. The highest BCUT2D eigenvalue weighted by Gasteiger charge is 2.15. The van der Waals surface area contributed by atoms with Crippen LogP contribution >= 0.6 is 0 Å². The van der Waals surface area contributed by atoms with Crippen LogP contribution in [0.15, 0.2) is 28.9 Å². The Labute approximate surface area is 101 Å². The Morgan fingerprint density at radius 1 is 1.53 bits per heavy atom. The number of nitrogens with zero attached hydrogens (tertiary/aromatic N) is 2. The summed E-state index contributed by atoms with van der Waals surface area (Å²) in [4.78, 5) is 0. The summed E-state index contributed by atoms with van der Waals surface area (Å²) < 4.78 is 7.48. The molecular weight excluding hydrogens is 216 g/mol. The van der Waals surface area contributed by atoms with E-state index in [1.165, 1.54) is 0 Å². The molecule has 92 valence electrons. The summed E-state index contributed by atoms with van der Waals surface area (Å²) in [5, 5.41) is 4.14. The lowest BCUT2D eigenvalue weighted by Crippen LogP contribution is -2.29. The van der Waals surface area contributed by atoms with Crippen molar-refractivity contribution in [2.75, 3.05) is 0 Å². The van der Waals surface area contributed by atoms with E-state index in [1.54, 1.807) is 4.68 Å². The van der Waals surface area contributed by atoms with Gasteiger partial charge in [-0.3, -0.25) is 10.5 Å². The molecule has 0 aliphatic carbocycles. The van der Waals surface area contributed by atoms with E-state index in [1.807, 2.05) is 31.6 Å². The van der Waals surface area contributed by atoms with Crippen LogP contribution in [0.4, 0.5) is 0 Å². The number of nitrogens with two attached hydrogens (primary N) is 1. The first kappa shape index (κ1) is 11.9. The quantitative estimate of drug-likeness (QED) is 0.605. The van der Waals surface area contributed by atoms with Crippen molar-refractivity contribution in [3.63, 3.8) is 0 Å². The third-order valence-electron chi connectivity index (χ3n) is 2.77. The number of hydrogen-bond acceptors (Lipinski definition) is 4. The van der Waals surface area contributed by atoms with Crippen molar-refractivity contribution in [3.8, 4) is 0 Å². The Morgan fingerprint density at radius 3 is 2.88 bits per heavy atom. The molecule has 2 aromatic rings. The first-order valence-electron chi connectivity index (χ1n) is 5.75. The van der Waals surface area contributed by atoms with Gasteiger partial charge in [-0.15, -0.1) is 0 Å². The lowest BCUT2D eigenvalue weighted by Gasteiger charge is -2.11. The number of aryl methyl sites for hydroxylation is 2. The van der Waals surface area contributed by atoms with E-state index in [4.69, 9.17) is 10.3 Å². The monoisotopic (exact) mass is 234 g/mol. The van der Waals surface area contributed by atoms with E-state index in [9.17, 15) is 0 Å². The molecule has 0 radical (unpaired) electrons. The Hall–Kier alpha value is -1.59. The summed E-state index contributed by atoms with van der Waals surface area (Å²) in [5.41, 5.74) is 3.91. The fourth-order valence-electron chi connectivity index (χ4n) is 1.83. The number of nitrogens with one attached hydrogen (secondary N) is 1. The van der Waals surface area contributed by atoms with Crippen molar-refractivity contribution >= 4 is 0 Å². The Bertz CT molecular complexity index is 474. The Balaban J connectivity index is 2.10. The predicted molar refractivity (Wildman–Crippen MR) is 65.1 cm³/mol. The molecule has 0 aliphatic rings. The molecule has 0 aromatic carbocycles. The molecular formula is C12H18N4O. The standard InChI is InChI=1S/C12H18N4O/c1-3-10-4-5-12(17-10)11(15-13)6-9-7-14-16(2)8-9/h4-5,7-8,11,15H,3,6,13H2,1-2H3. The second-order valence-corrected chi connectivity index (χ2v) is 4.10. The minimum Gasteiger partial charge on any atom is -0.464 e. The van der Waals surface area contributed by atoms with Crippen LogP contribution in [-0.2, 0) is 19.9 Å². The van der Waals surface area contributed by atoms with Crippen molar-refractivity contribution in [2.24, 2.45) is 12.9 Å². The third kappa shape index (κ3) is 2.75. The smallest absolute Gasteiger partial charge is 0.122 e. The zero-order valence-corrected chi connectivity index (χ0v) is 10.2. The molecule has 0 saturated heterocycles. The van der Waals surface area contributed by atoms with Gasteiger partial charge in [-0.25, -0.2) is 5.43 Å². The van der Waals surface area contributed by atoms with Crippen LogP contribution in [0.5, 0.6) is 0 Å². The van der Waals surface area contributed by atoms with Gasteiger partial charge in [0.25, 0.3) is 0 Å². The van der Waals surface area contributed by atoms with Crippen molar-refractivity contribution in [1.29, 1.82) is 0 Å². The van der Waals surface area contributed by atoms with Crippen LogP contribution in [0.2, 0.25) is 0 Å². The Morgan fingerprint density at radius 2 is 2.35 bits per heavy atom. The van der Waals surface area contributed by atoms with Crippen molar-refractivity contribution < 1.29 is 4.42 Å². The minimum absolute atomic E-state index is 0.0144. The van der Waals surface area contributed by atoms with Crippen LogP contribution in [0.3, 0.4) is 0 Å². The van der Waals surface area contributed by atoms with Gasteiger partial charge in [-0.2, -0.15) is 5.10 Å². The molecule has 2 rings (SSSR count). The van der Waals surface area contributed by atoms with Gasteiger partial charge in [0.15, 0.2) is 0 Å². The van der Waals surface area contributed by atoms with Crippen LogP contribution in [0.1, 0.15) is 30.0 Å². The number of aromatic nitrogens is 2. The van der Waals surface area contributed by atoms with Gasteiger partial charge >= 0.3 is 0 Å². The van der Waals surface area contributed by atoms with E-state index >= 15 is 0 Å². The van der Waals surface area contributed by atoms with Gasteiger partial charge in [-0.1, -0.05) is 6.92 Å². The summed E-state index contributed by atoms with van der Waals surface area (Å²) in [6.07, 6.45) is 5.48. The molecule has 1 atom stereocenters. The molecule has 17 heavy (non-hydrogen) atoms. The molecule has 3 N–H and O–H groups in total. The van der Waals surface area contributed by atoms with E-state index in [-0.39, 0.29) is 6.04 Å². The van der Waals surface area contributed by atoms with Gasteiger partial charge < -0.3 is 4.42 Å². The van der Waals surface area contributed by atoms with Gasteiger partial charge in [0.05, 0.1) is 12.2 Å². The van der Waals surface area contributed by atoms with Crippen molar-refractivity contribution in [1.82, 2.24) is 15.2 Å². The van der Waals surface area contributed by atoms with Crippen LogP contribution in [0, 0.1) is 0 Å². The highest BCUT2D eigenvalue weighted by atomic mass is 16.3. The molecule has 2 heterocycles. The highest BCUT2D eigenvalue weighted by molar-refractivity contribution is 5.15. The number of hydrogen-bond donors (Lipinski definition) is 2. The Kier molecular flexibility index (Phi) is 3.61. The maximum Gasteiger partial charge on any atom is 0.122 e. The zero-order valence-electron chi connectivity index (χ0n) is 10.2. The average molecular weight is 234 g/mol. The number of rotatable bonds is 5. The first-order chi connectivity index (χ1) is 8.22. The fraction of sp³-hybridized carbons (Fsp3) is 0.417. The average Bonchev–Trinajstić information content (AvgIpc) is 2.94. The summed E-state index contributed by atoms with van der Waals surface area (Å²) in [6, 6.07) is 3.95. The van der Waals surface area contributed by atoms with Crippen LogP contribution in [-0.4, -0.2) is 9.78 Å². The number of hydrazine groups is 1. The topological polar surface area (TPSA) is 69.0 Å². The molecule has 0 spiro atoms. The van der Waals surface area contributed by atoms with Gasteiger partial charge in [-0.05, 0) is 24.1 Å². The molecule has 0 bridgehead atoms. The molecule has 0 saturated carbocycles. The van der Waals surface area contributed by atoms with E-state index < -0.39 is 0 Å². The lowest BCUT2D eigenvalue weighted by atomic mass is 10.1. The van der Waals surface area contributed by atoms with Crippen molar-refractivity contribution in [3.05, 3.63) is 41.6 Å². The van der Waals surface area contributed by atoms with E-state index in [2.05, 4.69) is 17.4 Å². The summed E-state index contributed by atoms with van der Waals surface area (Å²) in [5.74, 6) is 7.42. The summed E-state index contributed by atoms with van der Waals surface area (Å²) in [7, 11) is 1.90. The number of furan rings is 1. The molecule has 2 aromatic heterocycles. The molecule has 0 fully saturated rings. The normalized spacial score (nSPS) is 12.9. The molecule has 0 aliphatic heterocycles. The van der Waals surface area contributed by atoms with E-state index in [0.29, 0.717) is 0 Å². The molecule has 0 amide bonds. The highest BCUT2D eigenvalue weighted by Crippen LogP contribution is 2.20. The SMILES string of the molecule is CCc1ccc(C(Cc2cnn(C)c2)NN)o1. The zero-order chi connectivity index (χ0) is 12.3. The lowest BCUT2D eigenvalue weighted by molar-refractivity contribution is 0.396. The predicted octanol–water partition coefficient (Wildman–Crippen LogP) is 1.32. The van der Waals surface area contributed by atoms with Crippen LogP contribution in [0.25, 0.3) is 0 Å². The second-order valence-electron chi connectivity index (χ2n) is 4.10. The summed E-state index contributed by atoms with van der Waals surface area (Å²) in [6.45, 7) is 2.06. The fourth-order valence-corrected chi connectivity index (χ4v) is 1.83. The first-order valence-corrected chi connectivity index (χ1v) is 5.75. The van der Waals surface area contributed by atoms with Crippen LogP contribution < -0.4 is 11.3 Å². The minimum atomic E-state index is -0.0144. The largest absolute Gasteiger partial charge is 0.464 e.